The first-order chi connectivity index (χ1) is 7.75. The van der Waals surface area contributed by atoms with Crippen LogP contribution in [0.5, 0.6) is 5.75 Å². The second-order valence-electron chi connectivity index (χ2n) is 3.53. The third-order valence-corrected chi connectivity index (χ3v) is 3.47. The highest BCUT2D eigenvalue weighted by atomic mass is 32.2. The molecule has 1 aromatic carbocycles. The van der Waals surface area contributed by atoms with Gasteiger partial charge in [0.2, 0.25) is 0 Å². The maximum atomic E-state index is 12.1. The molecule has 88 valence electrons. The van der Waals surface area contributed by atoms with Crippen molar-refractivity contribution in [2.24, 2.45) is 0 Å². The Balaban J connectivity index is 2.08. The van der Waals surface area contributed by atoms with Gasteiger partial charge >= 0.3 is 6.61 Å². The first-order valence-corrected chi connectivity index (χ1v) is 6.27. The van der Waals surface area contributed by atoms with Crippen LogP contribution in [0.3, 0.4) is 0 Å². The van der Waals surface area contributed by atoms with Crippen LogP contribution >= 0.6 is 11.8 Å². The predicted molar refractivity (Wildman–Crippen MR) is 61.1 cm³/mol. The van der Waals surface area contributed by atoms with Crippen molar-refractivity contribution in [1.82, 2.24) is 5.32 Å². The topological polar surface area (TPSA) is 21.3 Å². The summed E-state index contributed by atoms with van der Waals surface area (Å²) in [6, 6.07) is 7.14. The normalized spacial score (nSPS) is 21.1. The van der Waals surface area contributed by atoms with E-state index in [1.54, 1.807) is 18.2 Å². The number of nitrogens with one attached hydrogen (secondary N) is 1. The second kappa shape index (κ2) is 5.50. The van der Waals surface area contributed by atoms with Gasteiger partial charge in [-0.2, -0.15) is 20.5 Å². The van der Waals surface area contributed by atoms with E-state index < -0.39 is 6.61 Å². The number of benzene rings is 1. The van der Waals surface area contributed by atoms with Gasteiger partial charge in [0, 0.05) is 24.1 Å². The molecule has 1 fully saturated rings. The largest absolute Gasteiger partial charge is 0.435 e. The highest BCUT2D eigenvalue weighted by molar-refractivity contribution is 7.99. The molecule has 0 aromatic heterocycles. The fourth-order valence-corrected chi connectivity index (χ4v) is 2.66. The lowest BCUT2D eigenvalue weighted by molar-refractivity contribution is -0.0499. The molecule has 1 N–H and O–H groups in total. The summed E-state index contributed by atoms with van der Waals surface area (Å²) in [5, 5.41) is 3.35. The molecule has 0 saturated carbocycles. The van der Waals surface area contributed by atoms with Crippen molar-refractivity contribution < 1.29 is 13.5 Å². The molecule has 0 spiro atoms. The lowest BCUT2D eigenvalue weighted by atomic mass is 10.1. The van der Waals surface area contributed by atoms with Crippen LogP contribution in [0.25, 0.3) is 0 Å². The van der Waals surface area contributed by atoms with Crippen LogP contribution in [0.2, 0.25) is 0 Å². The Kier molecular flexibility index (Phi) is 4.01. The highest BCUT2D eigenvalue weighted by Gasteiger charge is 2.15. The standard InChI is InChI=1S/C11H13F2NOS/c12-11(13)15-9-3-1-2-8(6-9)10-7-16-5-4-14-10/h1-3,6,10-11,14H,4-5,7H2. The van der Waals surface area contributed by atoms with E-state index in [-0.39, 0.29) is 11.8 Å². The Hall–Kier alpha value is -0.810. The van der Waals surface area contributed by atoms with Gasteiger partial charge in [0.15, 0.2) is 0 Å². The molecule has 1 aliphatic rings. The summed E-state index contributed by atoms with van der Waals surface area (Å²) in [5.41, 5.74) is 1.00. The number of halogens is 2. The van der Waals surface area contributed by atoms with Gasteiger partial charge in [0.1, 0.15) is 5.75 Å². The first kappa shape index (κ1) is 11.7. The zero-order chi connectivity index (χ0) is 11.4. The van der Waals surface area contributed by atoms with E-state index in [0.717, 1.165) is 23.6 Å². The van der Waals surface area contributed by atoms with Gasteiger partial charge in [0.25, 0.3) is 0 Å². The Morgan fingerprint density at radius 3 is 3.00 bits per heavy atom. The Labute approximate surface area is 97.4 Å². The zero-order valence-corrected chi connectivity index (χ0v) is 9.47. The maximum Gasteiger partial charge on any atom is 0.387 e. The monoisotopic (exact) mass is 245 g/mol. The van der Waals surface area contributed by atoms with Crippen molar-refractivity contribution in [1.29, 1.82) is 0 Å². The van der Waals surface area contributed by atoms with E-state index in [9.17, 15) is 8.78 Å². The van der Waals surface area contributed by atoms with Crippen LogP contribution in [0, 0.1) is 0 Å². The van der Waals surface area contributed by atoms with Crippen molar-refractivity contribution in [2.75, 3.05) is 18.1 Å². The SMILES string of the molecule is FC(F)Oc1cccc(C2CSCCN2)c1. The van der Waals surface area contributed by atoms with Crippen LogP contribution in [-0.4, -0.2) is 24.7 Å². The van der Waals surface area contributed by atoms with Gasteiger partial charge < -0.3 is 10.1 Å². The van der Waals surface area contributed by atoms with Crippen molar-refractivity contribution in [3.63, 3.8) is 0 Å². The second-order valence-corrected chi connectivity index (χ2v) is 4.68. The van der Waals surface area contributed by atoms with E-state index in [0.29, 0.717) is 0 Å². The summed E-state index contributed by atoms with van der Waals surface area (Å²) in [7, 11) is 0. The van der Waals surface area contributed by atoms with Gasteiger partial charge in [-0.3, -0.25) is 0 Å². The molecule has 0 bridgehead atoms. The summed E-state index contributed by atoms with van der Waals surface area (Å²) in [6.07, 6.45) is 0. The van der Waals surface area contributed by atoms with Crippen molar-refractivity contribution >= 4 is 11.8 Å². The van der Waals surface area contributed by atoms with Gasteiger partial charge in [-0.05, 0) is 17.7 Å². The maximum absolute atomic E-state index is 12.1. The van der Waals surface area contributed by atoms with Crippen LogP contribution in [0.1, 0.15) is 11.6 Å². The van der Waals surface area contributed by atoms with Crippen LogP contribution in [-0.2, 0) is 0 Å². The minimum Gasteiger partial charge on any atom is -0.435 e. The number of ether oxygens (including phenoxy) is 1. The minimum absolute atomic E-state index is 0.227. The molecule has 16 heavy (non-hydrogen) atoms. The summed E-state index contributed by atoms with van der Waals surface area (Å²) < 4.78 is 28.5. The predicted octanol–water partition coefficient (Wildman–Crippen LogP) is 2.67. The molecular weight excluding hydrogens is 232 g/mol. The van der Waals surface area contributed by atoms with Crippen molar-refractivity contribution in [2.45, 2.75) is 12.7 Å². The Morgan fingerprint density at radius 2 is 2.31 bits per heavy atom. The van der Waals surface area contributed by atoms with E-state index in [4.69, 9.17) is 0 Å². The smallest absolute Gasteiger partial charge is 0.387 e. The van der Waals surface area contributed by atoms with Crippen molar-refractivity contribution in [3.05, 3.63) is 29.8 Å². The van der Waals surface area contributed by atoms with E-state index in [1.165, 1.54) is 0 Å². The molecular formula is C11H13F2NOS. The number of rotatable bonds is 3. The molecule has 1 aliphatic heterocycles. The molecule has 0 aliphatic carbocycles. The van der Waals surface area contributed by atoms with E-state index >= 15 is 0 Å². The molecule has 2 rings (SSSR count). The van der Waals surface area contributed by atoms with E-state index in [2.05, 4.69) is 10.1 Å². The van der Waals surface area contributed by atoms with Crippen molar-refractivity contribution in [3.8, 4) is 5.75 Å². The quantitative estimate of drug-likeness (QED) is 0.884. The lowest BCUT2D eigenvalue weighted by Gasteiger charge is -2.23. The third-order valence-electron chi connectivity index (χ3n) is 2.41. The van der Waals surface area contributed by atoms with Gasteiger partial charge in [-0.1, -0.05) is 12.1 Å². The Bertz CT molecular complexity index is 343. The van der Waals surface area contributed by atoms with Gasteiger partial charge in [-0.15, -0.1) is 0 Å². The molecule has 1 heterocycles. The number of alkyl halides is 2. The fourth-order valence-electron chi connectivity index (χ4n) is 1.69. The summed E-state index contributed by atoms with van der Waals surface area (Å²) in [6.45, 7) is -1.81. The molecule has 1 atom stereocenters. The summed E-state index contributed by atoms with van der Waals surface area (Å²) in [5.74, 6) is 2.30. The molecule has 0 radical (unpaired) electrons. The minimum atomic E-state index is -2.76. The summed E-state index contributed by atoms with van der Waals surface area (Å²) in [4.78, 5) is 0. The number of hydrogen-bond donors (Lipinski definition) is 1. The number of hydrogen-bond acceptors (Lipinski definition) is 3. The number of thioether (sulfide) groups is 1. The first-order valence-electron chi connectivity index (χ1n) is 5.11. The van der Waals surface area contributed by atoms with Gasteiger partial charge in [-0.25, -0.2) is 0 Å². The molecule has 1 saturated heterocycles. The average Bonchev–Trinajstić information content (AvgIpc) is 2.30. The lowest BCUT2D eigenvalue weighted by Crippen LogP contribution is -2.30. The van der Waals surface area contributed by atoms with Crippen LogP contribution in [0.4, 0.5) is 8.78 Å². The van der Waals surface area contributed by atoms with Crippen LogP contribution in [0.15, 0.2) is 24.3 Å². The molecule has 1 aromatic rings. The molecule has 5 heteroatoms. The molecule has 0 amide bonds. The fraction of sp³-hybridized carbons (Fsp3) is 0.455. The third kappa shape index (κ3) is 3.09. The average molecular weight is 245 g/mol. The van der Waals surface area contributed by atoms with E-state index in [1.807, 2.05) is 17.8 Å². The Morgan fingerprint density at radius 1 is 1.44 bits per heavy atom. The molecule has 1 unspecified atom stereocenters. The molecule has 2 nitrogen and oxygen atoms in total. The van der Waals surface area contributed by atoms with Gasteiger partial charge in [0.05, 0.1) is 0 Å². The summed E-state index contributed by atoms with van der Waals surface area (Å²) >= 11 is 1.87. The van der Waals surface area contributed by atoms with Crippen LogP contribution < -0.4 is 10.1 Å². The highest BCUT2D eigenvalue weighted by Crippen LogP contribution is 2.25. The zero-order valence-electron chi connectivity index (χ0n) is 8.66.